The van der Waals surface area contributed by atoms with E-state index in [4.69, 9.17) is 0 Å². The minimum absolute atomic E-state index is 0.247. The molecule has 1 atom stereocenters. The molecule has 1 rings (SSSR count). The summed E-state index contributed by atoms with van der Waals surface area (Å²) in [5.74, 6) is -1.30. The van der Waals surface area contributed by atoms with Gasteiger partial charge in [0.15, 0.2) is 9.84 Å². The maximum atomic E-state index is 11.5. The minimum Gasteiger partial charge on any atom is -0.353 e. The summed E-state index contributed by atoms with van der Waals surface area (Å²) >= 11 is 0. The van der Waals surface area contributed by atoms with Crippen LogP contribution < -0.4 is 5.32 Å². The van der Waals surface area contributed by atoms with E-state index in [1.807, 2.05) is 0 Å². The number of nitrogens with zero attached hydrogens (tertiary/aromatic N) is 1. The molecule has 1 aliphatic heterocycles. The molecule has 86 valence electrons. The molecule has 1 unspecified atom stereocenters. The van der Waals surface area contributed by atoms with Gasteiger partial charge in [-0.15, -0.1) is 0 Å². The average molecular weight is 234 g/mol. The second-order valence-electron chi connectivity index (χ2n) is 3.62. The van der Waals surface area contributed by atoms with E-state index in [1.165, 1.54) is 4.90 Å². The van der Waals surface area contributed by atoms with Gasteiger partial charge in [-0.1, -0.05) is 0 Å². The van der Waals surface area contributed by atoms with Gasteiger partial charge in [-0.25, -0.2) is 8.42 Å². The summed E-state index contributed by atoms with van der Waals surface area (Å²) in [7, 11) is -3.34. The van der Waals surface area contributed by atoms with E-state index < -0.39 is 27.5 Å². The van der Waals surface area contributed by atoms with Crippen LogP contribution in [0.15, 0.2) is 0 Å². The van der Waals surface area contributed by atoms with Gasteiger partial charge < -0.3 is 10.2 Å². The SMILES string of the molecule is CC1C(=O)NCCN1C(=O)CS(C)(=O)=O. The molecule has 15 heavy (non-hydrogen) atoms. The highest BCUT2D eigenvalue weighted by molar-refractivity contribution is 7.91. The lowest BCUT2D eigenvalue weighted by molar-refractivity contribution is -0.140. The maximum absolute atomic E-state index is 11.5. The van der Waals surface area contributed by atoms with Gasteiger partial charge in [-0.05, 0) is 6.92 Å². The monoisotopic (exact) mass is 234 g/mol. The Morgan fingerprint density at radius 1 is 1.60 bits per heavy atom. The summed E-state index contributed by atoms with van der Waals surface area (Å²) in [6, 6.07) is -0.590. The van der Waals surface area contributed by atoms with Crippen LogP contribution in [0.2, 0.25) is 0 Å². The smallest absolute Gasteiger partial charge is 0.242 e. The minimum atomic E-state index is -3.34. The van der Waals surface area contributed by atoms with Crippen LogP contribution in [0.4, 0.5) is 0 Å². The van der Waals surface area contributed by atoms with Gasteiger partial charge >= 0.3 is 0 Å². The van der Waals surface area contributed by atoms with Crippen molar-refractivity contribution in [3.8, 4) is 0 Å². The molecule has 6 nitrogen and oxygen atoms in total. The molecule has 1 heterocycles. The summed E-state index contributed by atoms with van der Waals surface area (Å²) in [5, 5.41) is 2.60. The average Bonchev–Trinajstić information content (AvgIpc) is 2.06. The number of carbonyl (C=O) groups excluding carboxylic acids is 2. The Hall–Kier alpha value is -1.11. The quantitative estimate of drug-likeness (QED) is 0.622. The number of amides is 2. The molecule has 1 fully saturated rings. The van der Waals surface area contributed by atoms with Gasteiger partial charge in [-0.2, -0.15) is 0 Å². The molecular weight excluding hydrogens is 220 g/mol. The van der Waals surface area contributed by atoms with E-state index in [9.17, 15) is 18.0 Å². The number of piperazine rings is 1. The van der Waals surface area contributed by atoms with E-state index in [0.717, 1.165) is 6.26 Å². The molecule has 0 bridgehead atoms. The molecule has 1 N–H and O–H groups in total. The molecule has 7 heteroatoms. The van der Waals surface area contributed by atoms with E-state index in [0.29, 0.717) is 13.1 Å². The highest BCUT2D eigenvalue weighted by atomic mass is 32.2. The number of carbonyl (C=O) groups is 2. The van der Waals surface area contributed by atoms with E-state index in [-0.39, 0.29) is 5.91 Å². The van der Waals surface area contributed by atoms with Crippen LogP contribution >= 0.6 is 0 Å². The standard InChI is InChI=1S/C8H14N2O4S/c1-6-8(12)9-3-4-10(6)7(11)5-15(2,13)14/h6H,3-5H2,1-2H3,(H,9,12). The Kier molecular flexibility index (Phi) is 3.33. The molecule has 1 aliphatic rings. The first-order valence-corrected chi connectivity index (χ1v) is 6.62. The zero-order chi connectivity index (χ0) is 11.6. The summed E-state index contributed by atoms with van der Waals surface area (Å²) in [5.41, 5.74) is 0. The number of nitrogens with one attached hydrogen (secondary N) is 1. The zero-order valence-electron chi connectivity index (χ0n) is 8.69. The van der Waals surface area contributed by atoms with E-state index in [2.05, 4.69) is 5.32 Å². The van der Waals surface area contributed by atoms with Crippen molar-refractivity contribution in [2.45, 2.75) is 13.0 Å². The molecule has 0 aliphatic carbocycles. The van der Waals surface area contributed by atoms with Crippen LogP contribution in [0, 0.1) is 0 Å². The van der Waals surface area contributed by atoms with Crippen LogP contribution in [-0.2, 0) is 19.4 Å². The fraction of sp³-hybridized carbons (Fsp3) is 0.750. The molecule has 1 saturated heterocycles. The van der Waals surface area contributed by atoms with Crippen molar-refractivity contribution in [2.75, 3.05) is 25.1 Å². The number of rotatable bonds is 2. The Bertz CT molecular complexity index is 376. The molecule has 0 aromatic heterocycles. The molecule has 0 aromatic rings. The van der Waals surface area contributed by atoms with Gasteiger partial charge in [-0.3, -0.25) is 9.59 Å². The second kappa shape index (κ2) is 4.18. The number of sulfone groups is 1. The van der Waals surface area contributed by atoms with Crippen LogP contribution in [0.25, 0.3) is 0 Å². The molecule has 0 spiro atoms. The fourth-order valence-corrected chi connectivity index (χ4v) is 2.04. The van der Waals surface area contributed by atoms with Crippen LogP contribution in [-0.4, -0.2) is 56.3 Å². The first-order chi connectivity index (χ1) is 6.81. The van der Waals surface area contributed by atoms with Gasteiger partial charge in [0.25, 0.3) is 0 Å². The zero-order valence-corrected chi connectivity index (χ0v) is 9.50. The molecule has 0 radical (unpaired) electrons. The van der Waals surface area contributed by atoms with Crippen molar-refractivity contribution in [2.24, 2.45) is 0 Å². The van der Waals surface area contributed by atoms with Crippen molar-refractivity contribution < 1.29 is 18.0 Å². The van der Waals surface area contributed by atoms with Gasteiger partial charge in [0.1, 0.15) is 11.8 Å². The van der Waals surface area contributed by atoms with Gasteiger partial charge in [0.05, 0.1) is 0 Å². The Morgan fingerprint density at radius 2 is 2.20 bits per heavy atom. The first kappa shape index (κ1) is 12.0. The maximum Gasteiger partial charge on any atom is 0.242 e. The van der Waals surface area contributed by atoms with Crippen molar-refractivity contribution in [1.29, 1.82) is 0 Å². The summed E-state index contributed by atoms with van der Waals surface area (Å²) in [6.07, 6.45) is 1.000. The molecule has 2 amide bonds. The highest BCUT2D eigenvalue weighted by Crippen LogP contribution is 2.05. The second-order valence-corrected chi connectivity index (χ2v) is 5.76. The lowest BCUT2D eigenvalue weighted by Crippen LogP contribution is -2.56. The molecule has 0 aromatic carbocycles. The third-order valence-corrected chi connectivity index (χ3v) is 2.98. The van der Waals surface area contributed by atoms with Crippen molar-refractivity contribution >= 4 is 21.7 Å². The van der Waals surface area contributed by atoms with Crippen molar-refractivity contribution in [1.82, 2.24) is 10.2 Å². The lowest BCUT2D eigenvalue weighted by Gasteiger charge is -2.32. The summed E-state index contributed by atoms with van der Waals surface area (Å²) in [4.78, 5) is 24.0. The van der Waals surface area contributed by atoms with Crippen molar-refractivity contribution in [3.05, 3.63) is 0 Å². The molecule has 0 saturated carbocycles. The topological polar surface area (TPSA) is 83.6 Å². The fourth-order valence-electron chi connectivity index (χ4n) is 1.43. The summed E-state index contributed by atoms with van der Waals surface area (Å²) < 4.78 is 21.8. The van der Waals surface area contributed by atoms with Crippen LogP contribution in [0.3, 0.4) is 0 Å². The van der Waals surface area contributed by atoms with Crippen molar-refractivity contribution in [3.63, 3.8) is 0 Å². The lowest BCUT2D eigenvalue weighted by atomic mass is 10.2. The van der Waals surface area contributed by atoms with Crippen LogP contribution in [0.5, 0.6) is 0 Å². The Labute approximate surface area is 88.5 Å². The largest absolute Gasteiger partial charge is 0.353 e. The first-order valence-electron chi connectivity index (χ1n) is 4.56. The normalized spacial score (nSPS) is 22.4. The van der Waals surface area contributed by atoms with Crippen LogP contribution in [0.1, 0.15) is 6.92 Å². The molecular formula is C8H14N2O4S. The van der Waals surface area contributed by atoms with E-state index >= 15 is 0 Å². The predicted molar refractivity (Wildman–Crippen MR) is 53.9 cm³/mol. The van der Waals surface area contributed by atoms with Gasteiger partial charge in [0.2, 0.25) is 11.8 Å². The third kappa shape index (κ3) is 3.19. The highest BCUT2D eigenvalue weighted by Gasteiger charge is 2.30. The Morgan fingerprint density at radius 3 is 2.73 bits per heavy atom. The summed E-state index contributed by atoms with van der Waals surface area (Å²) in [6.45, 7) is 2.31. The Balaban J connectivity index is 2.71. The predicted octanol–water partition coefficient (Wildman–Crippen LogP) is -1.62. The third-order valence-electron chi connectivity index (χ3n) is 2.20. The van der Waals surface area contributed by atoms with E-state index in [1.54, 1.807) is 6.92 Å². The number of hydrogen-bond acceptors (Lipinski definition) is 4. The van der Waals surface area contributed by atoms with Gasteiger partial charge in [0, 0.05) is 19.3 Å². The number of hydrogen-bond donors (Lipinski definition) is 1.